The fourth-order valence-electron chi connectivity index (χ4n) is 2.05. The summed E-state index contributed by atoms with van der Waals surface area (Å²) in [4.78, 5) is 6.44. The second kappa shape index (κ2) is 6.31. The number of nitrogens with zero attached hydrogens (tertiary/aromatic N) is 2. The van der Waals surface area contributed by atoms with E-state index in [1.807, 2.05) is 12.3 Å². The molecule has 0 saturated carbocycles. The molecule has 1 aliphatic heterocycles. The van der Waals surface area contributed by atoms with Gasteiger partial charge in [-0.2, -0.15) is 0 Å². The summed E-state index contributed by atoms with van der Waals surface area (Å²) < 4.78 is 5.65. The average molecular weight is 256 g/mol. The fraction of sp³-hybridized carbons (Fsp3) is 0.583. The molecule has 2 heterocycles. The van der Waals surface area contributed by atoms with Crippen LogP contribution in [0.1, 0.15) is 12.0 Å². The molecule has 1 aromatic heterocycles. The van der Waals surface area contributed by atoms with Crippen molar-refractivity contribution in [2.24, 2.45) is 5.73 Å². The van der Waals surface area contributed by atoms with Crippen LogP contribution in [0.3, 0.4) is 0 Å². The van der Waals surface area contributed by atoms with Gasteiger partial charge in [0.15, 0.2) is 0 Å². The highest BCUT2D eigenvalue weighted by Crippen LogP contribution is 2.17. The van der Waals surface area contributed by atoms with Crippen LogP contribution in [0.15, 0.2) is 18.5 Å². The number of nitrogens with two attached hydrogens (primary N) is 1. The van der Waals surface area contributed by atoms with Crippen molar-refractivity contribution in [1.82, 2.24) is 9.88 Å². The predicted octanol–water partition coefficient (Wildman–Crippen LogP) is 1.28. The van der Waals surface area contributed by atoms with E-state index in [0.29, 0.717) is 6.54 Å². The number of ether oxygens (including phenoxy) is 1. The van der Waals surface area contributed by atoms with Crippen molar-refractivity contribution in [3.8, 4) is 0 Å². The molecule has 0 amide bonds. The molecule has 1 saturated heterocycles. The number of hydrogen-bond donors (Lipinski definition) is 1. The maximum Gasteiger partial charge on any atom is 0.0714 e. The van der Waals surface area contributed by atoms with Crippen LogP contribution in [0.4, 0.5) is 0 Å². The molecule has 1 atom stereocenters. The molecule has 5 heteroatoms. The first-order valence-electron chi connectivity index (χ1n) is 5.92. The highest BCUT2D eigenvalue weighted by atomic mass is 35.5. The summed E-state index contributed by atoms with van der Waals surface area (Å²) in [7, 11) is 0. The van der Waals surface area contributed by atoms with E-state index in [2.05, 4.69) is 9.88 Å². The van der Waals surface area contributed by atoms with Crippen LogP contribution in [0.5, 0.6) is 0 Å². The third-order valence-corrected chi connectivity index (χ3v) is 3.32. The van der Waals surface area contributed by atoms with Crippen molar-refractivity contribution in [2.45, 2.75) is 19.1 Å². The van der Waals surface area contributed by atoms with Crippen LogP contribution in [-0.2, 0) is 11.3 Å². The van der Waals surface area contributed by atoms with E-state index in [-0.39, 0.29) is 6.10 Å². The Morgan fingerprint density at radius 2 is 2.47 bits per heavy atom. The molecule has 2 rings (SSSR count). The van der Waals surface area contributed by atoms with Crippen molar-refractivity contribution in [3.05, 3.63) is 29.0 Å². The SMILES string of the molecule is NCC[C@H]1CN(Cc2cnccc2Cl)CCO1. The molecule has 2 N–H and O–H groups in total. The Balaban J connectivity index is 1.92. The maximum absolute atomic E-state index is 6.12. The normalized spacial score (nSPS) is 21.6. The summed E-state index contributed by atoms with van der Waals surface area (Å²) in [5.74, 6) is 0. The third kappa shape index (κ3) is 3.64. The van der Waals surface area contributed by atoms with Gasteiger partial charge in [0.2, 0.25) is 0 Å². The molecule has 0 bridgehead atoms. The van der Waals surface area contributed by atoms with Gasteiger partial charge in [0.05, 0.1) is 12.7 Å². The second-order valence-electron chi connectivity index (χ2n) is 4.27. The number of hydrogen-bond acceptors (Lipinski definition) is 4. The van der Waals surface area contributed by atoms with E-state index in [1.54, 1.807) is 6.20 Å². The Bertz CT molecular complexity index is 359. The van der Waals surface area contributed by atoms with E-state index in [9.17, 15) is 0 Å². The largest absolute Gasteiger partial charge is 0.376 e. The molecule has 94 valence electrons. The quantitative estimate of drug-likeness (QED) is 0.881. The van der Waals surface area contributed by atoms with E-state index in [4.69, 9.17) is 22.1 Å². The highest BCUT2D eigenvalue weighted by Gasteiger charge is 2.20. The van der Waals surface area contributed by atoms with Gasteiger partial charge in [-0.15, -0.1) is 0 Å². The van der Waals surface area contributed by atoms with Gasteiger partial charge in [-0.25, -0.2) is 0 Å². The van der Waals surface area contributed by atoms with Crippen LogP contribution in [0.25, 0.3) is 0 Å². The summed E-state index contributed by atoms with van der Waals surface area (Å²) in [6.07, 6.45) is 4.71. The van der Waals surface area contributed by atoms with Crippen LogP contribution in [0.2, 0.25) is 5.02 Å². The van der Waals surface area contributed by atoms with Crippen LogP contribution in [-0.4, -0.2) is 42.2 Å². The first kappa shape index (κ1) is 12.8. The monoisotopic (exact) mass is 255 g/mol. The molecule has 0 radical (unpaired) electrons. The minimum atomic E-state index is 0.254. The highest BCUT2D eigenvalue weighted by molar-refractivity contribution is 6.31. The van der Waals surface area contributed by atoms with Gasteiger partial charge in [0, 0.05) is 42.6 Å². The lowest BCUT2D eigenvalue weighted by atomic mass is 10.2. The smallest absolute Gasteiger partial charge is 0.0714 e. The van der Waals surface area contributed by atoms with Gasteiger partial charge >= 0.3 is 0 Å². The molecule has 1 fully saturated rings. The summed E-state index contributed by atoms with van der Waals surface area (Å²) in [5.41, 5.74) is 6.62. The zero-order valence-corrected chi connectivity index (χ0v) is 10.6. The molecular formula is C12H18ClN3O. The van der Waals surface area contributed by atoms with Crippen molar-refractivity contribution < 1.29 is 4.74 Å². The molecule has 0 aliphatic carbocycles. The average Bonchev–Trinajstić information content (AvgIpc) is 2.33. The first-order valence-corrected chi connectivity index (χ1v) is 6.30. The molecule has 1 aromatic rings. The molecule has 0 unspecified atom stereocenters. The van der Waals surface area contributed by atoms with Crippen molar-refractivity contribution in [2.75, 3.05) is 26.2 Å². The van der Waals surface area contributed by atoms with E-state index in [0.717, 1.165) is 43.2 Å². The maximum atomic E-state index is 6.12. The van der Waals surface area contributed by atoms with Crippen molar-refractivity contribution in [3.63, 3.8) is 0 Å². The number of aromatic nitrogens is 1. The standard InChI is InChI=1S/C12H18ClN3O/c13-12-2-4-15-7-10(12)8-16-5-6-17-11(9-16)1-3-14/h2,4,7,11H,1,3,5-6,8-9,14H2/t11-/m0/s1. The number of rotatable bonds is 4. The van der Waals surface area contributed by atoms with Gasteiger partial charge in [-0.05, 0) is 19.0 Å². The Morgan fingerprint density at radius 3 is 3.24 bits per heavy atom. The lowest BCUT2D eigenvalue weighted by molar-refractivity contribution is -0.0335. The van der Waals surface area contributed by atoms with E-state index >= 15 is 0 Å². The van der Waals surface area contributed by atoms with Crippen LogP contribution >= 0.6 is 11.6 Å². The number of morpholine rings is 1. The molecule has 1 aliphatic rings. The molecule has 0 spiro atoms. The summed E-state index contributed by atoms with van der Waals surface area (Å²) in [5, 5.41) is 0.780. The number of halogens is 1. The zero-order chi connectivity index (χ0) is 12.1. The topological polar surface area (TPSA) is 51.4 Å². The lowest BCUT2D eigenvalue weighted by Gasteiger charge is -2.32. The summed E-state index contributed by atoms with van der Waals surface area (Å²) >= 11 is 6.12. The Kier molecular flexibility index (Phi) is 4.74. The van der Waals surface area contributed by atoms with Crippen LogP contribution < -0.4 is 5.73 Å². The minimum Gasteiger partial charge on any atom is -0.376 e. The van der Waals surface area contributed by atoms with E-state index < -0.39 is 0 Å². The van der Waals surface area contributed by atoms with Gasteiger partial charge in [0.25, 0.3) is 0 Å². The molecular weight excluding hydrogens is 238 g/mol. The van der Waals surface area contributed by atoms with Gasteiger partial charge in [0.1, 0.15) is 0 Å². The Morgan fingerprint density at radius 1 is 1.59 bits per heavy atom. The minimum absolute atomic E-state index is 0.254. The predicted molar refractivity (Wildman–Crippen MR) is 67.9 cm³/mol. The van der Waals surface area contributed by atoms with Crippen molar-refractivity contribution in [1.29, 1.82) is 0 Å². The van der Waals surface area contributed by atoms with E-state index in [1.165, 1.54) is 0 Å². The first-order chi connectivity index (χ1) is 8.29. The van der Waals surface area contributed by atoms with Gasteiger partial charge in [-0.1, -0.05) is 11.6 Å². The Hall–Kier alpha value is -0.680. The summed E-state index contributed by atoms with van der Waals surface area (Å²) in [6, 6.07) is 1.83. The second-order valence-corrected chi connectivity index (χ2v) is 4.68. The fourth-order valence-corrected chi connectivity index (χ4v) is 2.22. The molecule has 17 heavy (non-hydrogen) atoms. The summed E-state index contributed by atoms with van der Waals surface area (Å²) in [6.45, 7) is 4.13. The molecule has 4 nitrogen and oxygen atoms in total. The zero-order valence-electron chi connectivity index (χ0n) is 9.81. The van der Waals surface area contributed by atoms with Gasteiger partial charge < -0.3 is 10.5 Å². The number of pyridine rings is 1. The molecule has 0 aromatic carbocycles. The Labute approximate surface area is 107 Å². The van der Waals surface area contributed by atoms with Gasteiger partial charge in [-0.3, -0.25) is 9.88 Å². The van der Waals surface area contributed by atoms with Crippen LogP contribution in [0, 0.1) is 0 Å². The third-order valence-electron chi connectivity index (χ3n) is 2.95. The lowest BCUT2D eigenvalue weighted by Crippen LogP contribution is -2.42. The van der Waals surface area contributed by atoms with Crippen molar-refractivity contribution >= 4 is 11.6 Å².